The average molecular weight is 769 g/mol. The summed E-state index contributed by atoms with van der Waals surface area (Å²) in [6.07, 6.45) is -0.193. The number of esters is 2. The van der Waals surface area contributed by atoms with Crippen molar-refractivity contribution in [2.45, 2.75) is 32.2 Å². The fourth-order valence-corrected chi connectivity index (χ4v) is 3.63. The van der Waals surface area contributed by atoms with Gasteiger partial charge in [0.15, 0.2) is 0 Å². The van der Waals surface area contributed by atoms with Gasteiger partial charge in [0.2, 0.25) is 0 Å². The van der Waals surface area contributed by atoms with Crippen LogP contribution in [0.2, 0.25) is 0 Å². The normalized spacial score (nSPS) is 12.1. The van der Waals surface area contributed by atoms with Crippen LogP contribution in [0.5, 0.6) is 11.5 Å². The molecule has 0 bridgehead atoms. The Labute approximate surface area is 319 Å². The zero-order valence-electron chi connectivity index (χ0n) is 32.1. The number of carbonyl (C=O) groups is 2. The molecule has 3 unspecified atom stereocenters. The van der Waals surface area contributed by atoms with Gasteiger partial charge in [0.1, 0.15) is 56.2 Å². The molecule has 0 spiro atoms. The molecule has 2 aromatic carbocycles. The van der Waals surface area contributed by atoms with E-state index in [0.29, 0.717) is 52.9 Å². The largest absolute Gasteiger partial charge is 0.491 e. The van der Waals surface area contributed by atoms with Crippen LogP contribution in [0.1, 0.15) is 11.1 Å². The van der Waals surface area contributed by atoms with E-state index in [4.69, 9.17) is 37.9 Å². The molecule has 0 fully saturated rings. The zero-order chi connectivity index (χ0) is 40.2. The van der Waals surface area contributed by atoms with E-state index in [2.05, 4.69) is 22.6 Å². The maximum Gasteiger partial charge on any atom is 0.330 e. The molecule has 15 nitrogen and oxygen atoms in total. The van der Waals surface area contributed by atoms with E-state index >= 15 is 0 Å². The summed E-state index contributed by atoms with van der Waals surface area (Å²) >= 11 is 0. The Hall–Kier alpha value is -3.90. The summed E-state index contributed by atoms with van der Waals surface area (Å²) in [4.78, 5) is 21.3. The number of aliphatic hydroxyl groups excluding tert-OH is 3. The number of hydrogen-bond acceptors (Lipinski definition) is 15. The molecule has 0 saturated carbocycles. The predicted octanol–water partition coefficient (Wildman–Crippen LogP) is 2.63. The molecule has 0 aromatic heterocycles. The van der Waals surface area contributed by atoms with E-state index in [0.717, 1.165) is 34.8 Å². The number of aliphatic hydroxyl groups is 3. The van der Waals surface area contributed by atoms with Gasteiger partial charge in [-0.15, -0.1) is 0 Å². The van der Waals surface area contributed by atoms with Crippen molar-refractivity contribution in [3.63, 3.8) is 0 Å². The molecule has 0 heterocycles. The highest BCUT2D eigenvalue weighted by atomic mass is 16.6. The second-order valence-corrected chi connectivity index (χ2v) is 11.2. The summed E-state index contributed by atoms with van der Waals surface area (Å²) < 4.78 is 50.6. The van der Waals surface area contributed by atoms with Gasteiger partial charge in [-0.1, -0.05) is 37.4 Å². The highest BCUT2D eigenvalue weighted by Crippen LogP contribution is 2.12. The molecule has 54 heavy (non-hydrogen) atoms. The quantitative estimate of drug-likeness (QED) is 0.0651. The fraction of sp³-hybridized carbons (Fsp3) is 0.538. The minimum absolute atomic E-state index is 0.0849. The van der Waals surface area contributed by atoms with Crippen LogP contribution in [0.25, 0.3) is 0 Å². The fourth-order valence-electron chi connectivity index (χ4n) is 3.63. The number of methoxy groups -OCH3 is 2. The Balaban J connectivity index is 0.000000796. The molecular weight excluding hydrogens is 708 g/mol. The predicted molar refractivity (Wildman–Crippen MR) is 201 cm³/mol. The van der Waals surface area contributed by atoms with Crippen LogP contribution in [0.15, 0.2) is 73.8 Å². The lowest BCUT2D eigenvalue weighted by Gasteiger charge is -2.12. The summed E-state index contributed by atoms with van der Waals surface area (Å²) in [6.45, 7) is 14.5. The van der Waals surface area contributed by atoms with Crippen molar-refractivity contribution in [1.29, 1.82) is 0 Å². The first-order valence-corrected chi connectivity index (χ1v) is 17.3. The van der Waals surface area contributed by atoms with E-state index < -0.39 is 30.3 Å². The van der Waals surface area contributed by atoms with Gasteiger partial charge in [0, 0.05) is 26.4 Å². The van der Waals surface area contributed by atoms with Crippen molar-refractivity contribution >= 4 is 11.9 Å². The van der Waals surface area contributed by atoms with Crippen molar-refractivity contribution in [2.75, 3.05) is 107 Å². The second-order valence-electron chi connectivity index (χ2n) is 11.2. The molecule has 2 rings (SSSR count). The SMILES string of the molecule is C=CC(=O)OCC(O)COCCOC.C=CC(=O)OCC(O)COCCOc1cccc(C)c1.COCCOCC(O)COCCOc1cccc(C)c1. The third-order valence-electron chi connectivity index (χ3n) is 6.25. The molecule has 0 aliphatic carbocycles. The molecule has 3 atom stereocenters. The van der Waals surface area contributed by atoms with E-state index in [9.17, 15) is 24.9 Å². The number of hydrogen-bond donors (Lipinski definition) is 3. The molecule has 306 valence electrons. The van der Waals surface area contributed by atoms with Crippen LogP contribution >= 0.6 is 0 Å². The van der Waals surface area contributed by atoms with Crippen LogP contribution in [-0.2, 0) is 47.5 Å². The lowest BCUT2D eigenvalue weighted by Crippen LogP contribution is -2.24. The number of ether oxygens (including phenoxy) is 10. The van der Waals surface area contributed by atoms with Gasteiger partial charge in [0.05, 0.1) is 66.1 Å². The second kappa shape index (κ2) is 34.8. The van der Waals surface area contributed by atoms with Crippen LogP contribution in [0.4, 0.5) is 0 Å². The minimum Gasteiger partial charge on any atom is -0.491 e. The third-order valence-corrected chi connectivity index (χ3v) is 6.25. The lowest BCUT2D eigenvalue weighted by molar-refractivity contribution is -0.142. The number of benzene rings is 2. The molecule has 0 radical (unpaired) electrons. The van der Waals surface area contributed by atoms with Gasteiger partial charge in [-0.05, 0) is 49.2 Å². The number of carbonyl (C=O) groups excluding carboxylic acids is 2. The molecule has 0 aliphatic rings. The summed E-state index contributed by atoms with van der Waals surface area (Å²) in [6, 6.07) is 15.6. The molecular formula is C39H60O15. The third kappa shape index (κ3) is 31.6. The Morgan fingerprint density at radius 2 is 0.889 bits per heavy atom. The van der Waals surface area contributed by atoms with Gasteiger partial charge in [-0.25, -0.2) is 9.59 Å². The number of aryl methyl sites for hydroxylation is 2. The van der Waals surface area contributed by atoms with Crippen molar-refractivity contribution in [3.05, 3.63) is 85.0 Å². The molecule has 0 amide bonds. The van der Waals surface area contributed by atoms with E-state index in [-0.39, 0.29) is 39.6 Å². The van der Waals surface area contributed by atoms with Gasteiger partial charge < -0.3 is 62.7 Å². The Kier molecular flexibility index (Phi) is 32.3. The maximum absolute atomic E-state index is 10.8. The van der Waals surface area contributed by atoms with Crippen LogP contribution in [0.3, 0.4) is 0 Å². The Morgan fingerprint density at radius 3 is 1.20 bits per heavy atom. The van der Waals surface area contributed by atoms with Crippen molar-refractivity contribution in [3.8, 4) is 11.5 Å². The smallest absolute Gasteiger partial charge is 0.330 e. The van der Waals surface area contributed by atoms with Crippen LogP contribution in [-0.4, -0.2) is 152 Å². The van der Waals surface area contributed by atoms with E-state index in [1.54, 1.807) is 14.2 Å². The standard InChI is InChI=1S/C15H24O5.C15H20O5.C9H16O5/c1-13-4-3-5-15(10-13)20-9-8-19-12-14(16)11-18-7-6-17-2;1-3-15(17)20-11-13(16)10-18-7-8-19-14-6-4-5-12(2)9-14;1-3-9(11)14-7-8(10)6-13-5-4-12-2/h3-5,10,14,16H,6-9,11-12H2,1-2H3;3-6,9,13,16H,1,7-8,10-11H2,2H3;3,8,10H,1,4-7H2,2H3. The van der Waals surface area contributed by atoms with Gasteiger partial charge in [0.25, 0.3) is 0 Å². The van der Waals surface area contributed by atoms with Gasteiger partial charge >= 0.3 is 11.9 Å². The van der Waals surface area contributed by atoms with E-state index in [1.165, 1.54) is 0 Å². The molecule has 15 heteroatoms. The molecule has 0 aliphatic heterocycles. The summed E-state index contributed by atoms with van der Waals surface area (Å²) in [7, 11) is 3.17. The van der Waals surface area contributed by atoms with Gasteiger partial charge in [-0.3, -0.25) is 0 Å². The average Bonchev–Trinajstić information content (AvgIpc) is 3.16. The summed E-state index contributed by atoms with van der Waals surface area (Å²) in [5.41, 5.74) is 2.29. The monoisotopic (exact) mass is 768 g/mol. The van der Waals surface area contributed by atoms with Gasteiger partial charge in [-0.2, -0.15) is 0 Å². The summed E-state index contributed by atoms with van der Waals surface area (Å²) in [5, 5.41) is 28.3. The highest BCUT2D eigenvalue weighted by molar-refractivity contribution is 5.81. The van der Waals surface area contributed by atoms with Crippen molar-refractivity contribution < 1.29 is 72.3 Å². The minimum atomic E-state index is -0.849. The maximum atomic E-state index is 10.8. The first-order valence-electron chi connectivity index (χ1n) is 17.3. The van der Waals surface area contributed by atoms with Crippen molar-refractivity contribution in [2.24, 2.45) is 0 Å². The number of rotatable bonds is 28. The van der Waals surface area contributed by atoms with Crippen molar-refractivity contribution in [1.82, 2.24) is 0 Å². The van der Waals surface area contributed by atoms with Crippen LogP contribution < -0.4 is 9.47 Å². The molecule has 3 N–H and O–H groups in total. The first kappa shape index (κ1) is 50.1. The lowest BCUT2D eigenvalue weighted by atomic mass is 10.2. The topological polar surface area (TPSA) is 187 Å². The molecule has 2 aromatic rings. The molecule has 0 saturated heterocycles. The highest BCUT2D eigenvalue weighted by Gasteiger charge is 2.08. The zero-order valence-corrected chi connectivity index (χ0v) is 32.1. The Bertz CT molecular complexity index is 1240. The van der Waals surface area contributed by atoms with Crippen LogP contribution in [0, 0.1) is 13.8 Å². The van der Waals surface area contributed by atoms with E-state index in [1.807, 2.05) is 62.4 Å². The Morgan fingerprint density at radius 1 is 0.556 bits per heavy atom. The first-order chi connectivity index (χ1) is 26.0. The summed E-state index contributed by atoms with van der Waals surface area (Å²) in [5.74, 6) is 0.499.